The van der Waals surface area contributed by atoms with E-state index in [1.54, 1.807) is 12.1 Å². The number of para-hydroxylation sites is 1. The Balaban J connectivity index is 2.51. The van der Waals surface area contributed by atoms with Crippen molar-refractivity contribution in [3.8, 4) is 0 Å². The van der Waals surface area contributed by atoms with Crippen molar-refractivity contribution in [1.29, 1.82) is 0 Å². The van der Waals surface area contributed by atoms with Crippen molar-refractivity contribution in [3.63, 3.8) is 0 Å². The molecular weight excluding hydrogens is 230 g/mol. The molecule has 1 aromatic rings. The Morgan fingerprint density at radius 1 is 1.12 bits per heavy atom. The maximum atomic E-state index is 11.5. The van der Waals surface area contributed by atoms with Gasteiger partial charge in [0, 0.05) is 12.8 Å². The van der Waals surface area contributed by atoms with Crippen LogP contribution in [0.2, 0.25) is 0 Å². The van der Waals surface area contributed by atoms with Crippen LogP contribution >= 0.6 is 0 Å². The molecule has 1 N–H and O–H groups in total. The largest absolute Gasteiger partial charge is 0.302 e. The van der Waals surface area contributed by atoms with E-state index in [0.717, 1.165) is 4.90 Å². The predicted octanol–water partition coefficient (Wildman–Crippen LogP) is 0.921. The van der Waals surface area contributed by atoms with Crippen molar-refractivity contribution in [2.24, 2.45) is 0 Å². The first-order chi connectivity index (χ1) is 7.61. The molecule has 1 saturated heterocycles. The van der Waals surface area contributed by atoms with Gasteiger partial charge in [-0.25, -0.2) is 9.11 Å². The van der Waals surface area contributed by atoms with Gasteiger partial charge in [0.15, 0.2) is 11.1 Å². The third-order valence-corrected chi connectivity index (χ3v) is 3.07. The zero-order chi connectivity index (χ0) is 11.7. The average Bonchev–Trinajstić information content (AvgIpc) is 2.58. The Morgan fingerprint density at radius 2 is 1.69 bits per heavy atom. The fourth-order valence-electron chi connectivity index (χ4n) is 1.63. The summed E-state index contributed by atoms with van der Waals surface area (Å²) < 4.78 is 20.1. The third kappa shape index (κ3) is 1.77. The van der Waals surface area contributed by atoms with Crippen molar-refractivity contribution in [2.75, 3.05) is 4.90 Å². The molecule has 0 spiro atoms. The first-order valence-electron chi connectivity index (χ1n) is 4.67. The minimum atomic E-state index is -2.21. The lowest BCUT2D eigenvalue weighted by Gasteiger charge is -2.15. The lowest BCUT2D eigenvalue weighted by atomic mass is 10.3. The van der Waals surface area contributed by atoms with Gasteiger partial charge in [0.2, 0.25) is 11.8 Å². The first-order valence-corrected chi connectivity index (χ1v) is 5.77. The van der Waals surface area contributed by atoms with Crippen LogP contribution in [-0.4, -0.2) is 20.6 Å². The highest BCUT2D eigenvalue weighted by atomic mass is 32.2. The SMILES string of the molecule is O=C1CCC(=O)N1c1ccccc1S(=O)O. The highest BCUT2D eigenvalue weighted by Crippen LogP contribution is 2.27. The molecule has 0 radical (unpaired) electrons. The van der Waals surface area contributed by atoms with Gasteiger partial charge in [-0.3, -0.25) is 9.59 Å². The van der Waals surface area contributed by atoms with E-state index in [0.29, 0.717) is 0 Å². The van der Waals surface area contributed by atoms with Crippen molar-refractivity contribution in [3.05, 3.63) is 24.3 Å². The number of hydrogen-bond acceptors (Lipinski definition) is 3. The Labute approximate surface area is 94.3 Å². The molecule has 5 nitrogen and oxygen atoms in total. The Bertz CT molecular complexity index is 469. The van der Waals surface area contributed by atoms with E-state index in [1.807, 2.05) is 0 Å². The van der Waals surface area contributed by atoms with Crippen LogP contribution in [-0.2, 0) is 20.7 Å². The van der Waals surface area contributed by atoms with Gasteiger partial charge in [-0.1, -0.05) is 12.1 Å². The third-order valence-electron chi connectivity index (χ3n) is 2.35. The number of rotatable bonds is 2. The lowest BCUT2D eigenvalue weighted by molar-refractivity contribution is -0.121. The number of benzene rings is 1. The molecule has 1 aromatic carbocycles. The number of carbonyl (C=O) groups excluding carboxylic acids is 2. The molecule has 16 heavy (non-hydrogen) atoms. The fourth-order valence-corrected chi connectivity index (χ4v) is 2.17. The van der Waals surface area contributed by atoms with Gasteiger partial charge in [-0.05, 0) is 12.1 Å². The van der Waals surface area contributed by atoms with Crippen LogP contribution in [0.3, 0.4) is 0 Å². The second-order valence-electron chi connectivity index (χ2n) is 3.34. The topological polar surface area (TPSA) is 74.7 Å². The van der Waals surface area contributed by atoms with Crippen LogP contribution in [0.15, 0.2) is 29.2 Å². The number of imide groups is 1. The van der Waals surface area contributed by atoms with E-state index in [4.69, 9.17) is 4.55 Å². The molecular formula is C10H9NO4S. The summed E-state index contributed by atoms with van der Waals surface area (Å²) in [5, 5.41) is 0. The standard InChI is InChI=1S/C10H9NO4S/c12-9-5-6-10(13)11(9)7-3-1-2-4-8(7)16(14)15/h1-4H,5-6H2,(H,14,15). The molecule has 0 aromatic heterocycles. The second-order valence-corrected chi connectivity index (χ2v) is 4.28. The summed E-state index contributed by atoms with van der Waals surface area (Å²) in [6.07, 6.45) is 0.316. The highest BCUT2D eigenvalue weighted by Gasteiger charge is 2.32. The minimum absolute atomic E-state index is 0.0751. The molecule has 1 aliphatic heterocycles. The first kappa shape index (κ1) is 11.0. The van der Waals surface area contributed by atoms with Crippen molar-refractivity contribution in [1.82, 2.24) is 0 Å². The Kier molecular flexibility index (Phi) is 2.84. The molecule has 84 valence electrons. The summed E-state index contributed by atoms with van der Waals surface area (Å²) in [5.41, 5.74) is 0.204. The van der Waals surface area contributed by atoms with Crippen LogP contribution in [0.25, 0.3) is 0 Å². The second kappa shape index (κ2) is 4.15. The molecule has 1 aliphatic rings. The molecule has 0 aliphatic carbocycles. The average molecular weight is 239 g/mol. The predicted molar refractivity (Wildman–Crippen MR) is 57.2 cm³/mol. The smallest absolute Gasteiger partial charge is 0.234 e. The van der Waals surface area contributed by atoms with Gasteiger partial charge in [-0.2, -0.15) is 0 Å². The van der Waals surface area contributed by atoms with Gasteiger partial charge in [0.25, 0.3) is 0 Å². The molecule has 1 unspecified atom stereocenters. The quantitative estimate of drug-likeness (QED) is 0.615. The number of nitrogens with zero attached hydrogens (tertiary/aromatic N) is 1. The summed E-state index contributed by atoms with van der Waals surface area (Å²) in [5.74, 6) is -0.661. The van der Waals surface area contributed by atoms with E-state index in [9.17, 15) is 13.8 Å². The van der Waals surface area contributed by atoms with E-state index >= 15 is 0 Å². The minimum Gasteiger partial charge on any atom is -0.302 e. The van der Waals surface area contributed by atoms with Gasteiger partial charge in [0.05, 0.1) is 10.6 Å². The molecule has 1 fully saturated rings. The zero-order valence-corrected chi connectivity index (χ0v) is 9.07. The van der Waals surface area contributed by atoms with Crippen LogP contribution in [0, 0.1) is 0 Å². The molecule has 0 bridgehead atoms. The summed E-state index contributed by atoms with van der Waals surface area (Å²) in [4.78, 5) is 24.0. The molecule has 1 heterocycles. The highest BCUT2D eigenvalue weighted by molar-refractivity contribution is 7.79. The summed E-state index contributed by atoms with van der Waals surface area (Å²) in [6, 6.07) is 6.11. The number of hydrogen-bond donors (Lipinski definition) is 1. The summed E-state index contributed by atoms with van der Waals surface area (Å²) >= 11 is -2.21. The van der Waals surface area contributed by atoms with E-state index in [1.165, 1.54) is 12.1 Å². The summed E-state index contributed by atoms with van der Waals surface area (Å²) in [6.45, 7) is 0. The maximum Gasteiger partial charge on any atom is 0.234 e. The maximum absolute atomic E-state index is 11.5. The molecule has 2 rings (SSSR count). The molecule has 0 saturated carbocycles. The zero-order valence-electron chi connectivity index (χ0n) is 8.25. The van der Waals surface area contributed by atoms with E-state index < -0.39 is 11.1 Å². The molecule has 6 heteroatoms. The van der Waals surface area contributed by atoms with Crippen LogP contribution in [0.5, 0.6) is 0 Å². The number of anilines is 1. The van der Waals surface area contributed by atoms with Crippen molar-refractivity contribution < 1.29 is 18.4 Å². The lowest BCUT2D eigenvalue weighted by Crippen LogP contribution is -2.29. The van der Waals surface area contributed by atoms with Crippen molar-refractivity contribution in [2.45, 2.75) is 17.7 Å². The van der Waals surface area contributed by atoms with Gasteiger partial charge < -0.3 is 4.55 Å². The van der Waals surface area contributed by atoms with Crippen LogP contribution in [0.4, 0.5) is 5.69 Å². The van der Waals surface area contributed by atoms with Gasteiger partial charge >= 0.3 is 0 Å². The fraction of sp³-hybridized carbons (Fsp3) is 0.200. The van der Waals surface area contributed by atoms with Crippen LogP contribution < -0.4 is 4.90 Å². The number of amides is 2. The normalized spacial score (nSPS) is 17.9. The van der Waals surface area contributed by atoms with E-state index in [-0.39, 0.29) is 35.2 Å². The molecule has 2 amide bonds. The Hall–Kier alpha value is -1.53. The van der Waals surface area contributed by atoms with Crippen LogP contribution in [0.1, 0.15) is 12.8 Å². The number of carbonyl (C=O) groups is 2. The molecule has 1 atom stereocenters. The van der Waals surface area contributed by atoms with Crippen molar-refractivity contribution >= 4 is 28.6 Å². The summed E-state index contributed by atoms with van der Waals surface area (Å²) in [7, 11) is 0. The van der Waals surface area contributed by atoms with Gasteiger partial charge in [-0.15, -0.1) is 0 Å². The van der Waals surface area contributed by atoms with E-state index in [2.05, 4.69) is 0 Å². The van der Waals surface area contributed by atoms with Gasteiger partial charge in [0.1, 0.15) is 0 Å². The Morgan fingerprint density at radius 3 is 2.25 bits per heavy atom. The monoisotopic (exact) mass is 239 g/mol.